The highest BCUT2D eigenvalue weighted by atomic mass is 19.3. The molecule has 0 saturated carbocycles. The number of nitrogens with zero attached hydrogens (tertiary/aromatic N) is 5. The van der Waals surface area contributed by atoms with Crippen LogP contribution in [0, 0.1) is 18.3 Å². The lowest BCUT2D eigenvalue weighted by molar-refractivity contribution is -0.111. The number of carbonyl (C=O) groups excluding carboxylic acids is 1. The largest absolute Gasteiger partial charge is 0.424 e. The van der Waals surface area contributed by atoms with E-state index in [-0.39, 0.29) is 17.7 Å². The summed E-state index contributed by atoms with van der Waals surface area (Å²) >= 11 is 0. The molecule has 5 aromatic rings. The third-order valence-electron chi connectivity index (χ3n) is 6.52. The van der Waals surface area contributed by atoms with Crippen molar-refractivity contribution in [3.05, 3.63) is 90.4 Å². The Kier molecular flexibility index (Phi) is 7.14. The number of fused-ring (bicyclic) bond motifs is 1. The van der Waals surface area contributed by atoms with Gasteiger partial charge in [0, 0.05) is 36.3 Å². The normalized spacial score (nSPS) is 10.9. The van der Waals surface area contributed by atoms with E-state index in [0.717, 1.165) is 34.0 Å². The van der Waals surface area contributed by atoms with Gasteiger partial charge in [-0.05, 0) is 54.5 Å². The van der Waals surface area contributed by atoms with Gasteiger partial charge in [0.1, 0.15) is 23.3 Å². The minimum absolute atomic E-state index is 0.201. The molecule has 0 spiro atoms. The zero-order chi connectivity index (χ0) is 29.3. The van der Waals surface area contributed by atoms with Crippen molar-refractivity contribution in [3.8, 4) is 40.2 Å². The number of ether oxygens (including phenoxy) is 1. The summed E-state index contributed by atoms with van der Waals surface area (Å²) in [5.74, 6) is 0.263. The number of amides is 1. The van der Waals surface area contributed by atoms with E-state index in [2.05, 4.69) is 32.9 Å². The summed E-state index contributed by atoms with van der Waals surface area (Å²) in [5.41, 5.74) is 11.5. The van der Waals surface area contributed by atoms with Crippen LogP contribution in [-0.2, 0) is 11.8 Å². The molecule has 0 radical (unpaired) electrons. The average molecular weight is 552 g/mol. The summed E-state index contributed by atoms with van der Waals surface area (Å²) in [7, 11) is 1.85. The van der Waals surface area contributed by atoms with Gasteiger partial charge in [0.05, 0.1) is 22.2 Å². The topological polar surface area (TPSA) is 132 Å². The van der Waals surface area contributed by atoms with Crippen LogP contribution in [0.4, 0.5) is 20.3 Å². The summed E-state index contributed by atoms with van der Waals surface area (Å²) in [4.78, 5) is 23.7. The lowest BCUT2D eigenvalue weighted by Gasteiger charge is -2.14. The summed E-state index contributed by atoms with van der Waals surface area (Å²) in [6.45, 7) is 5.40. The van der Waals surface area contributed by atoms with Crippen molar-refractivity contribution >= 4 is 28.3 Å². The molecule has 0 aliphatic rings. The van der Waals surface area contributed by atoms with Crippen molar-refractivity contribution < 1.29 is 18.3 Å². The second-order valence-corrected chi connectivity index (χ2v) is 9.09. The van der Waals surface area contributed by atoms with Crippen molar-refractivity contribution in [1.82, 2.24) is 19.5 Å². The number of aromatic nitrogens is 4. The SMILES string of the molecule is C=CC(=O)Nc1ccc(-c2c(-c3ccc(Oc4nccc(C(F)F)n4)cc3)c3c(N)ncc(C#N)c3n2C)c(C)c1. The molecule has 204 valence electrons. The third-order valence-corrected chi connectivity index (χ3v) is 6.52. The molecule has 0 atom stereocenters. The molecular weight excluding hydrogens is 528 g/mol. The minimum atomic E-state index is -2.75. The average Bonchev–Trinajstić information content (AvgIpc) is 3.27. The van der Waals surface area contributed by atoms with Gasteiger partial charge < -0.3 is 20.4 Å². The van der Waals surface area contributed by atoms with E-state index in [0.29, 0.717) is 27.9 Å². The fourth-order valence-electron chi connectivity index (χ4n) is 4.71. The Morgan fingerprint density at radius 2 is 1.95 bits per heavy atom. The molecule has 5 rings (SSSR count). The van der Waals surface area contributed by atoms with Gasteiger partial charge in [-0.15, -0.1) is 0 Å². The number of hydrogen-bond acceptors (Lipinski definition) is 7. The monoisotopic (exact) mass is 551 g/mol. The number of nitrogen functional groups attached to an aromatic ring is 1. The molecule has 1 amide bonds. The van der Waals surface area contributed by atoms with E-state index in [1.807, 2.05) is 30.7 Å². The van der Waals surface area contributed by atoms with Crippen molar-refractivity contribution in [3.63, 3.8) is 0 Å². The first-order chi connectivity index (χ1) is 19.7. The molecule has 3 heterocycles. The molecule has 9 nitrogen and oxygen atoms in total. The van der Waals surface area contributed by atoms with Crippen molar-refractivity contribution in [2.45, 2.75) is 13.3 Å². The molecule has 0 bridgehead atoms. The quantitative estimate of drug-likeness (QED) is 0.226. The number of anilines is 2. The van der Waals surface area contributed by atoms with Gasteiger partial charge >= 0.3 is 6.01 Å². The van der Waals surface area contributed by atoms with E-state index in [1.54, 1.807) is 30.3 Å². The zero-order valence-electron chi connectivity index (χ0n) is 22.0. The molecule has 3 N–H and O–H groups in total. The third kappa shape index (κ3) is 5.06. The molecule has 0 aliphatic carbocycles. The number of rotatable bonds is 7. The van der Waals surface area contributed by atoms with Crippen LogP contribution in [0.25, 0.3) is 33.3 Å². The van der Waals surface area contributed by atoms with Gasteiger partial charge in [-0.2, -0.15) is 10.2 Å². The van der Waals surface area contributed by atoms with Gasteiger partial charge in [0.15, 0.2) is 0 Å². The molecule has 2 aromatic carbocycles. The Bertz CT molecular complexity index is 1860. The second-order valence-electron chi connectivity index (χ2n) is 9.09. The predicted octanol–water partition coefficient (Wildman–Crippen LogP) is 6.31. The number of benzene rings is 2. The minimum Gasteiger partial charge on any atom is -0.424 e. The molecular formula is C30H23F2N7O2. The molecule has 0 saturated heterocycles. The number of alkyl halides is 2. The number of aryl methyl sites for hydroxylation is 2. The highest BCUT2D eigenvalue weighted by Crippen LogP contribution is 2.44. The van der Waals surface area contributed by atoms with Crippen LogP contribution in [0.15, 0.2) is 73.6 Å². The fourth-order valence-corrected chi connectivity index (χ4v) is 4.71. The summed E-state index contributed by atoms with van der Waals surface area (Å²) in [5, 5.41) is 13.2. The van der Waals surface area contributed by atoms with Crippen LogP contribution < -0.4 is 15.8 Å². The number of hydrogen-bond donors (Lipinski definition) is 2. The van der Waals surface area contributed by atoms with Crippen molar-refractivity contribution in [1.29, 1.82) is 5.26 Å². The molecule has 0 unspecified atom stereocenters. The number of pyridine rings is 1. The van der Waals surface area contributed by atoms with E-state index in [9.17, 15) is 18.8 Å². The van der Waals surface area contributed by atoms with E-state index < -0.39 is 12.1 Å². The molecule has 11 heteroatoms. The maximum absolute atomic E-state index is 13.0. The molecule has 0 aliphatic heterocycles. The predicted molar refractivity (Wildman–Crippen MR) is 151 cm³/mol. The number of nitriles is 1. The van der Waals surface area contributed by atoms with Gasteiger partial charge in [-0.3, -0.25) is 4.79 Å². The lowest BCUT2D eigenvalue weighted by atomic mass is 9.95. The Labute approximate surface area is 233 Å². The Morgan fingerprint density at radius 3 is 2.61 bits per heavy atom. The maximum Gasteiger partial charge on any atom is 0.322 e. The van der Waals surface area contributed by atoms with Gasteiger partial charge in [0.25, 0.3) is 6.43 Å². The molecule has 0 fully saturated rings. The van der Waals surface area contributed by atoms with Gasteiger partial charge in [-0.1, -0.05) is 24.8 Å². The van der Waals surface area contributed by atoms with E-state index >= 15 is 0 Å². The second kappa shape index (κ2) is 10.9. The Morgan fingerprint density at radius 1 is 1.20 bits per heavy atom. The van der Waals surface area contributed by atoms with Crippen molar-refractivity contribution in [2.24, 2.45) is 7.05 Å². The van der Waals surface area contributed by atoms with Crippen LogP contribution in [0.3, 0.4) is 0 Å². The van der Waals surface area contributed by atoms with E-state index in [4.69, 9.17) is 10.5 Å². The lowest BCUT2D eigenvalue weighted by Crippen LogP contribution is -2.07. The molecule has 41 heavy (non-hydrogen) atoms. The highest BCUT2D eigenvalue weighted by Gasteiger charge is 2.24. The number of nitrogens with two attached hydrogens (primary N) is 1. The van der Waals surface area contributed by atoms with Crippen LogP contribution in [0.1, 0.15) is 23.2 Å². The van der Waals surface area contributed by atoms with Crippen LogP contribution in [0.5, 0.6) is 11.8 Å². The first-order valence-electron chi connectivity index (χ1n) is 12.3. The number of nitrogens with one attached hydrogen (secondary N) is 1. The van der Waals surface area contributed by atoms with Gasteiger partial charge in [-0.25, -0.2) is 18.7 Å². The number of carbonyl (C=O) groups is 1. The van der Waals surface area contributed by atoms with Gasteiger partial charge in [0.2, 0.25) is 5.91 Å². The highest BCUT2D eigenvalue weighted by molar-refractivity contribution is 6.11. The van der Waals surface area contributed by atoms with Crippen LogP contribution in [0.2, 0.25) is 0 Å². The van der Waals surface area contributed by atoms with Crippen LogP contribution in [-0.4, -0.2) is 25.4 Å². The summed E-state index contributed by atoms with van der Waals surface area (Å²) < 4.78 is 33.6. The first-order valence-corrected chi connectivity index (χ1v) is 12.3. The van der Waals surface area contributed by atoms with Crippen LogP contribution >= 0.6 is 0 Å². The standard InChI is InChI=1S/C30H23F2N7O2/c1-4-23(40)37-19-7-10-21(16(2)13-19)27-24(25-26(39(27)3)18(14-33)15-36-29(25)34)17-5-8-20(9-6-17)41-30-35-12-11-22(38-30)28(31)32/h4-13,15,28H,1H2,2-3H3,(H2,34,36)(H,37,40). The zero-order valence-corrected chi connectivity index (χ0v) is 22.0. The summed E-state index contributed by atoms with van der Waals surface area (Å²) in [6.07, 6.45) is 1.09. The molecule has 3 aromatic heterocycles. The fraction of sp³-hybridized carbons (Fsp3) is 0.100. The first kappa shape index (κ1) is 27.0. The Balaban J connectivity index is 1.65. The Hall–Kier alpha value is -5.63. The maximum atomic E-state index is 13.0. The van der Waals surface area contributed by atoms with E-state index in [1.165, 1.54) is 18.5 Å². The summed E-state index contributed by atoms with van der Waals surface area (Å²) in [6, 6.07) is 15.5. The van der Waals surface area contributed by atoms with Crippen molar-refractivity contribution in [2.75, 3.05) is 11.1 Å². The smallest absolute Gasteiger partial charge is 0.322 e. The number of halogens is 2.